The zero-order chi connectivity index (χ0) is 26.0. The van der Waals surface area contributed by atoms with Gasteiger partial charge in [-0.05, 0) is 67.9 Å². The Hall–Kier alpha value is -4.20. The molecular formula is C28H26F2N2O4. The Morgan fingerprint density at radius 3 is 2.19 bits per heavy atom. The van der Waals surface area contributed by atoms with Gasteiger partial charge in [0.25, 0.3) is 11.7 Å². The van der Waals surface area contributed by atoms with Crippen LogP contribution in [0.25, 0.3) is 5.76 Å². The quantitative estimate of drug-likeness (QED) is 0.270. The average molecular weight is 493 g/mol. The van der Waals surface area contributed by atoms with Gasteiger partial charge in [-0.2, -0.15) is 0 Å². The Labute approximate surface area is 208 Å². The van der Waals surface area contributed by atoms with Crippen molar-refractivity contribution in [2.75, 3.05) is 30.0 Å². The molecule has 1 N–H and O–H groups in total. The topological polar surface area (TPSA) is 70.1 Å². The molecule has 1 saturated heterocycles. The summed E-state index contributed by atoms with van der Waals surface area (Å²) < 4.78 is 34.1. The smallest absolute Gasteiger partial charge is 0.300 e. The van der Waals surface area contributed by atoms with Gasteiger partial charge in [0.15, 0.2) is 0 Å². The third-order valence-electron chi connectivity index (χ3n) is 6.31. The predicted molar refractivity (Wildman–Crippen MR) is 134 cm³/mol. The van der Waals surface area contributed by atoms with Crippen molar-refractivity contribution in [3.63, 3.8) is 0 Å². The van der Waals surface area contributed by atoms with E-state index in [1.165, 1.54) is 7.11 Å². The summed E-state index contributed by atoms with van der Waals surface area (Å²) in [5.74, 6) is -3.57. The number of aliphatic hydroxyl groups is 1. The van der Waals surface area contributed by atoms with Crippen LogP contribution in [0.4, 0.5) is 20.2 Å². The first-order valence-corrected chi connectivity index (χ1v) is 11.6. The van der Waals surface area contributed by atoms with Crippen LogP contribution in [-0.4, -0.2) is 37.0 Å². The van der Waals surface area contributed by atoms with Crippen LogP contribution < -0.4 is 14.5 Å². The van der Waals surface area contributed by atoms with Crippen LogP contribution in [0, 0.1) is 11.6 Å². The lowest BCUT2D eigenvalue weighted by Gasteiger charge is -2.27. The van der Waals surface area contributed by atoms with E-state index < -0.39 is 35.1 Å². The number of aliphatic hydroxyl groups excluding tert-OH is 1. The number of ether oxygens (including phenoxy) is 1. The Morgan fingerprint density at radius 2 is 1.61 bits per heavy atom. The van der Waals surface area contributed by atoms with Crippen LogP contribution in [0.15, 0.2) is 72.3 Å². The summed E-state index contributed by atoms with van der Waals surface area (Å²) in [7, 11) is 1.50. The van der Waals surface area contributed by atoms with Gasteiger partial charge in [-0.25, -0.2) is 8.78 Å². The summed E-state index contributed by atoms with van der Waals surface area (Å²) in [5.41, 5.74) is 1.06. The zero-order valence-corrected chi connectivity index (χ0v) is 20.2. The molecule has 1 aliphatic heterocycles. The Kier molecular flexibility index (Phi) is 7.05. The maximum atomic E-state index is 14.8. The number of halogens is 2. The van der Waals surface area contributed by atoms with E-state index in [9.17, 15) is 23.5 Å². The number of rotatable bonds is 7. The molecule has 1 heterocycles. The molecule has 8 heteroatoms. The SMILES string of the molecule is CCN(CC)c1ccc(C2/C(=C(\O)c3ccc(OC)cc3)C(=O)C(=O)N2c2cc(F)ccc2F)cc1. The van der Waals surface area contributed by atoms with Gasteiger partial charge in [0.05, 0.1) is 24.4 Å². The molecule has 0 saturated carbocycles. The maximum absolute atomic E-state index is 14.8. The molecule has 1 fully saturated rings. The van der Waals surface area contributed by atoms with Crippen molar-refractivity contribution >= 4 is 28.8 Å². The molecular weight excluding hydrogens is 466 g/mol. The summed E-state index contributed by atoms with van der Waals surface area (Å²) >= 11 is 0. The number of amides is 1. The Morgan fingerprint density at radius 1 is 0.972 bits per heavy atom. The number of nitrogens with zero attached hydrogens (tertiary/aromatic N) is 2. The number of methoxy groups -OCH3 is 1. The fraction of sp³-hybridized carbons (Fsp3) is 0.214. The molecule has 1 unspecified atom stereocenters. The Balaban J connectivity index is 1.91. The van der Waals surface area contributed by atoms with Crippen molar-refractivity contribution in [2.24, 2.45) is 0 Å². The van der Waals surface area contributed by atoms with Crippen LogP contribution in [-0.2, 0) is 9.59 Å². The molecule has 1 amide bonds. The minimum Gasteiger partial charge on any atom is -0.507 e. The monoisotopic (exact) mass is 492 g/mol. The molecule has 0 spiro atoms. The fourth-order valence-electron chi connectivity index (χ4n) is 4.43. The summed E-state index contributed by atoms with van der Waals surface area (Å²) in [5, 5.41) is 11.2. The normalized spacial score (nSPS) is 16.9. The Bertz CT molecular complexity index is 1320. The van der Waals surface area contributed by atoms with E-state index >= 15 is 0 Å². The number of carbonyl (C=O) groups is 2. The van der Waals surface area contributed by atoms with E-state index in [4.69, 9.17) is 4.74 Å². The minimum absolute atomic E-state index is 0.218. The van der Waals surface area contributed by atoms with E-state index in [-0.39, 0.29) is 16.8 Å². The molecule has 0 aliphatic carbocycles. The van der Waals surface area contributed by atoms with Gasteiger partial charge in [0.1, 0.15) is 23.1 Å². The van der Waals surface area contributed by atoms with Gasteiger partial charge >= 0.3 is 0 Å². The standard InChI is InChI=1S/C28H26F2N2O4/c1-4-31(5-2)20-11-6-17(7-12-20)25-24(26(33)18-8-13-21(36-3)14-9-18)27(34)28(35)32(25)23-16-19(29)10-15-22(23)30/h6-16,25,33H,4-5H2,1-3H3/b26-24+. The first-order chi connectivity index (χ1) is 17.3. The second-order valence-electron chi connectivity index (χ2n) is 8.26. The highest BCUT2D eigenvalue weighted by atomic mass is 19.1. The second kappa shape index (κ2) is 10.2. The molecule has 0 bridgehead atoms. The lowest BCUT2D eigenvalue weighted by atomic mass is 9.94. The third kappa shape index (κ3) is 4.42. The van der Waals surface area contributed by atoms with Crippen molar-refractivity contribution in [3.8, 4) is 5.75 Å². The number of benzene rings is 3. The van der Waals surface area contributed by atoms with Gasteiger partial charge in [-0.1, -0.05) is 12.1 Å². The summed E-state index contributed by atoms with van der Waals surface area (Å²) in [6, 6.07) is 14.9. The molecule has 4 rings (SSSR count). The van der Waals surface area contributed by atoms with Crippen LogP contribution in [0.2, 0.25) is 0 Å². The summed E-state index contributed by atoms with van der Waals surface area (Å²) in [6.07, 6.45) is 0. The first kappa shape index (κ1) is 24.9. The maximum Gasteiger partial charge on any atom is 0.300 e. The summed E-state index contributed by atoms with van der Waals surface area (Å²) in [6.45, 7) is 5.60. The van der Waals surface area contributed by atoms with E-state index in [1.807, 2.05) is 26.0 Å². The number of hydrogen-bond donors (Lipinski definition) is 1. The molecule has 3 aromatic carbocycles. The van der Waals surface area contributed by atoms with Crippen LogP contribution in [0.5, 0.6) is 5.75 Å². The third-order valence-corrected chi connectivity index (χ3v) is 6.31. The van der Waals surface area contributed by atoms with Crippen molar-refractivity contribution in [2.45, 2.75) is 19.9 Å². The fourth-order valence-corrected chi connectivity index (χ4v) is 4.43. The second-order valence-corrected chi connectivity index (χ2v) is 8.26. The van der Waals surface area contributed by atoms with Crippen molar-refractivity contribution in [1.82, 2.24) is 0 Å². The number of hydrogen-bond acceptors (Lipinski definition) is 5. The molecule has 0 radical (unpaired) electrons. The van der Waals surface area contributed by atoms with E-state index in [0.29, 0.717) is 11.3 Å². The van der Waals surface area contributed by atoms with Gasteiger partial charge in [-0.3, -0.25) is 14.5 Å². The van der Waals surface area contributed by atoms with Gasteiger partial charge < -0.3 is 14.7 Å². The number of anilines is 2. The molecule has 36 heavy (non-hydrogen) atoms. The van der Waals surface area contributed by atoms with Gasteiger partial charge in [0, 0.05) is 30.4 Å². The minimum atomic E-state index is -1.17. The highest BCUT2D eigenvalue weighted by Gasteiger charge is 2.47. The molecule has 3 aromatic rings. The predicted octanol–water partition coefficient (Wildman–Crippen LogP) is 5.45. The average Bonchev–Trinajstić information content (AvgIpc) is 3.16. The summed E-state index contributed by atoms with van der Waals surface area (Å²) in [4.78, 5) is 29.4. The first-order valence-electron chi connectivity index (χ1n) is 11.6. The van der Waals surface area contributed by atoms with Gasteiger partial charge in [0.2, 0.25) is 0 Å². The van der Waals surface area contributed by atoms with Crippen LogP contribution in [0.3, 0.4) is 0 Å². The number of ketones is 1. The largest absolute Gasteiger partial charge is 0.507 e. The van der Waals surface area contributed by atoms with E-state index in [0.717, 1.165) is 41.9 Å². The van der Waals surface area contributed by atoms with Crippen molar-refractivity contribution < 1.29 is 28.2 Å². The lowest BCUT2D eigenvalue weighted by molar-refractivity contribution is -0.132. The van der Waals surface area contributed by atoms with Crippen molar-refractivity contribution in [3.05, 3.63) is 95.1 Å². The molecule has 1 aliphatic rings. The molecule has 6 nitrogen and oxygen atoms in total. The molecule has 0 aromatic heterocycles. The number of Topliss-reactive ketones (excluding diaryl/α,β-unsaturated/α-hetero) is 1. The molecule has 1 atom stereocenters. The highest BCUT2D eigenvalue weighted by molar-refractivity contribution is 6.51. The van der Waals surface area contributed by atoms with Crippen LogP contribution >= 0.6 is 0 Å². The van der Waals surface area contributed by atoms with Gasteiger partial charge in [-0.15, -0.1) is 0 Å². The van der Waals surface area contributed by atoms with Crippen LogP contribution in [0.1, 0.15) is 31.0 Å². The van der Waals surface area contributed by atoms with E-state index in [1.54, 1.807) is 36.4 Å². The zero-order valence-electron chi connectivity index (χ0n) is 20.2. The lowest BCUT2D eigenvalue weighted by Crippen LogP contribution is -2.30. The van der Waals surface area contributed by atoms with Crippen molar-refractivity contribution in [1.29, 1.82) is 0 Å². The highest BCUT2D eigenvalue weighted by Crippen LogP contribution is 2.43. The number of carbonyl (C=O) groups excluding carboxylic acids is 2. The molecule has 186 valence electrons. The van der Waals surface area contributed by atoms with E-state index in [2.05, 4.69) is 4.90 Å².